The second-order valence-corrected chi connectivity index (χ2v) is 2.89. The largest absolute Gasteiger partial charge is 0.294 e. The molecule has 1 saturated carbocycles. The molecule has 9 heavy (non-hydrogen) atoms. The van der Waals surface area contributed by atoms with E-state index in [9.17, 15) is 4.79 Å². The van der Waals surface area contributed by atoms with Crippen molar-refractivity contribution in [3.05, 3.63) is 0 Å². The van der Waals surface area contributed by atoms with Gasteiger partial charge < -0.3 is 0 Å². The predicted molar refractivity (Wildman–Crippen MR) is 34.7 cm³/mol. The number of halogens is 1. The summed E-state index contributed by atoms with van der Waals surface area (Å²) < 4.78 is 0. The summed E-state index contributed by atoms with van der Waals surface area (Å²) in [4.78, 5) is 10.6. The number of hydrogen-bond donors (Lipinski definition) is 2. The van der Waals surface area contributed by atoms with Crippen molar-refractivity contribution in [3.8, 4) is 0 Å². The minimum Gasteiger partial charge on any atom is -0.294 e. The smallest absolute Gasteiger partial charge is 0.237 e. The van der Waals surface area contributed by atoms with E-state index in [0.717, 1.165) is 12.8 Å². The van der Waals surface area contributed by atoms with E-state index in [2.05, 4.69) is 5.43 Å². The quantitative estimate of drug-likeness (QED) is 0.238. The number of hydrogen-bond acceptors (Lipinski definition) is 2. The molecule has 1 amide bonds. The standard InChI is InChI=1S/C5H9ClN2O/c6-4-1-3(2-4)5(9)8-7/h3-4H,1-2,7H2,(H,8,9)/t3-,4+. The first kappa shape index (κ1) is 6.83. The molecule has 0 aliphatic heterocycles. The second-order valence-electron chi connectivity index (χ2n) is 2.27. The molecule has 3 N–H and O–H groups in total. The highest BCUT2D eigenvalue weighted by Gasteiger charge is 2.32. The maximum absolute atomic E-state index is 10.6. The number of carbonyl (C=O) groups is 1. The second kappa shape index (κ2) is 2.54. The van der Waals surface area contributed by atoms with Gasteiger partial charge in [-0.05, 0) is 12.8 Å². The zero-order chi connectivity index (χ0) is 6.85. The number of rotatable bonds is 1. The van der Waals surface area contributed by atoms with Gasteiger partial charge in [0.1, 0.15) is 0 Å². The van der Waals surface area contributed by atoms with Crippen LogP contribution in [0.5, 0.6) is 0 Å². The Bertz CT molecular complexity index is 122. The molecule has 0 aromatic rings. The highest BCUT2D eigenvalue weighted by molar-refractivity contribution is 6.21. The summed E-state index contributed by atoms with van der Waals surface area (Å²) in [6, 6.07) is 0. The van der Waals surface area contributed by atoms with Gasteiger partial charge in [0.15, 0.2) is 0 Å². The Morgan fingerprint density at radius 3 is 2.56 bits per heavy atom. The Morgan fingerprint density at radius 2 is 2.22 bits per heavy atom. The zero-order valence-corrected chi connectivity index (χ0v) is 5.69. The average molecular weight is 149 g/mol. The van der Waals surface area contributed by atoms with Crippen molar-refractivity contribution in [3.63, 3.8) is 0 Å². The van der Waals surface area contributed by atoms with Crippen LogP contribution in [0.15, 0.2) is 0 Å². The molecule has 0 bridgehead atoms. The zero-order valence-electron chi connectivity index (χ0n) is 4.93. The summed E-state index contributed by atoms with van der Waals surface area (Å²) in [6.45, 7) is 0. The maximum Gasteiger partial charge on any atom is 0.237 e. The molecule has 0 spiro atoms. The van der Waals surface area contributed by atoms with Crippen LogP contribution in [0.25, 0.3) is 0 Å². The molecule has 0 aromatic carbocycles. The molecule has 0 aromatic heterocycles. The lowest BCUT2D eigenvalue weighted by atomic mass is 9.84. The van der Waals surface area contributed by atoms with E-state index in [1.54, 1.807) is 0 Å². The van der Waals surface area contributed by atoms with Gasteiger partial charge in [-0.15, -0.1) is 11.6 Å². The SMILES string of the molecule is NNC(=O)[C@H]1C[C@@H](Cl)C1. The molecule has 1 aliphatic carbocycles. The lowest BCUT2D eigenvalue weighted by Gasteiger charge is -2.28. The van der Waals surface area contributed by atoms with Crippen LogP contribution in [-0.4, -0.2) is 11.3 Å². The first-order valence-electron chi connectivity index (χ1n) is 2.88. The summed E-state index contributed by atoms with van der Waals surface area (Å²) in [5, 5.41) is 0.187. The average Bonchev–Trinajstić information content (AvgIpc) is 1.79. The summed E-state index contributed by atoms with van der Waals surface area (Å²) in [5.74, 6) is 4.86. The van der Waals surface area contributed by atoms with E-state index >= 15 is 0 Å². The summed E-state index contributed by atoms with van der Waals surface area (Å²) in [7, 11) is 0. The lowest BCUT2D eigenvalue weighted by molar-refractivity contribution is -0.127. The molecule has 52 valence electrons. The Morgan fingerprint density at radius 1 is 1.67 bits per heavy atom. The number of nitrogens with one attached hydrogen (secondary N) is 1. The van der Waals surface area contributed by atoms with Crippen LogP contribution < -0.4 is 11.3 Å². The molecule has 0 radical (unpaired) electrons. The van der Waals surface area contributed by atoms with Gasteiger partial charge in [0.2, 0.25) is 5.91 Å². The summed E-state index contributed by atoms with van der Waals surface area (Å²) >= 11 is 5.62. The Kier molecular flexibility index (Phi) is 1.93. The van der Waals surface area contributed by atoms with Crippen molar-refractivity contribution in [2.45, 2.75) is 18.2 Å². The molecule has 4 heteroatoms. The molecule has 0 unspecified atom stereocenters. The van der Waals surface area contributed by atoms with E-state index in [1.165, 1.54) is 0 Å². The molecular formula is C5H9ClN2O. The minimum atomic E-state index is -0.0908. The third kappa shape index (κ3) is 1.34. The molecule has 0 saturated heterocycles. The van der Waals surface area contributed by atoms with Crippen molar-refractivity contribution in [1.29, 1.82) is 0 Å². The Labute approximate surface area is 58.5 Å². The Hall–Kier alpha value is -0.280. The van der Waals surface area contributed by atoms with E-state index in [-0.39, 0.29) is 17.2 Å². The first-order valence-corrected chi connectivity index (χ1v) is 3.32. The van der Waals surface area contributed by atoms with E-state index in [1.807, 2.05) is 0 Å². The van der Waals surface area contributed by atoms with Crippen LogP contribution in [0.4, 0.5) is 0 Å². The number of nitrogens with two attached hydrogens (primary N) is 1. The van der Waals surface area contributed by atoms with Gasteiger partial charge in [-0.1, -0.05) is 0 Å². The molecule has 3 nitrogen and oxygen atoms in total. The van der Waals surface area contributed by atoms with E-state index < -0.39 is 0 Å². The lowest BCUT2D eigenvalue weighted by Crippen LogP contribution is -2.42. The van der Waals surface area contributed by atoms with Gasteiger partial charge in [-0.25, -0.2) is 5.84 Å². The van der Waals surface area contributed by atoms with Gasteiger partial charge in [-0.3, -0.25) is 10.2 Å². The molecule has 1 rings (SSSR count). The number of carbonyl (C=O) groups excluding carboxylic acids is 1. The van der Waals surface area contributed by atoms with Crippen LogP contribution in [-0.2, 0) is 4.79 Å². The topological polar surface area (TPSA) is 55.1 Å². The van der Waals surface area contributed by atoms with Gasteiger partial charge in [0, 0.05) is 11.3 Å². The number of alkyl halides is 1. The van der Waals surface area contributed by atoms with Crippen molar-refractivity contribution in [1.82, 2.24) is 5.43 Å². The summed E-state index contributed by atoms with van der Waals surface area (Å²) in [6.07, 6.45) is 1.54. The van der Waals surface area contributed by atoms with Crippen LogP contribution in [0.2, 0.25) is 0 Å². The number of hydrazine groups is 1. The third-order valence-electron chi connectivity index (χ3n) is 1.59. The highest BCUT2D eigenvalue weighted by Crippen LogP contribution is 2.31. The van der Waals surface area contributed by atoms with Crippen LogP contribution in [0.3, 0.4) is 0 Å². The van der Waals surface area contributed by atoms with Crippen LogP contribution in [0, 0.1) is 5.92 Å². The molecule has 1 fully saturated rings. The van der Waals surface area contributed by atoms with Gasteiger partial charge in [0.25, 0.3) is 0 Å². The van der Waals surface area contributed by atoms with Crippen LogP contribution in [0.1, 0.15) is 12.8 Å². The van der Waals surface area contributed by atoms with Crippen molar-refractivity contribution < 1.29 is 4.79 Å². The molecule has 0 atom stereocenters. The first-order chi connectivity index (χ1) is 4.24. The van der Waals surface area contributed by atoms with Crippen LogP contribution >= 0.6 is 11.6 Å². The highest BCUT2D eigenvalue weighted by atomic mass is 35.5. The minimum absolute atomic E-state index is 0.0671. The van der Waals surface area contributed by atoms with E-state index in [0.29, 0.717) is 0 Å². The van der Waals surface area contributed by atoms with Crippen molar-refractivity contribution in [2.75, 3.05) is 0 Å². The fourth-order valence-electron chi connectivity index (χ4n) is 0.880. The van der Waals surface area contributed by atoms with Gasteiger partial charge >= 0.3 is 0 Å². The molecule has 0 heterocycles. The van der Waals surface area contributed by atoms with Gasteiger partial charge in [0.05, 0.1) is 0 Å². The fraction of sp³-hybridized carbons (Fsp3) is 0.800. The van der Waals surface area contributed by atoms with Crippen molar-refractivity contribution >= 4 is 17.5 Å². The van der Waals surface area contributed by atoms with Crippen molar-refractivity contribution in [2.24, 2.45) is 11.8 Å². The predicted octanol–water partition coefficient (Wildman–Crippen LogP) is -0.00630. The third-order valence-corrected chi connectivity index (χ3v) is 1.95. The maximum atomic E-state index is 10.6. The Balaban J connectivity index is 2.23. The fourth-order valence-corrected chi connectivity index (χ4v) is 1.31. The van der Waals surface area contributed by atoms with E-state index in [4.69, 9.17) is 17.4 Å². The van der Waals surface area contributed by atoms with Gasteiger partial charge in [-0.2, -0.15) is 0 Å². The number of amides is 1. The summed E-state index contributed by atoms with van der Waals surface area (Å²) in [5.41, 5.74) is 2.09. The normalized spacial score (nSPS) is 33.1. The molecular weight excluding hydrogens is 140 g/mol. The monoisotopic (exact) mass is 148 g/mol. The molecule has 1 aliphatic rings.